The third kappa shape index (κ3) is 5.09. The van der Waals surface area contributed by atoms with Gasteiger partial charge in [-0.15, -0.1) is 0 Å². The topological polar surface area (TPSA) is 54.2 Å². The summed E-state index contributed by atoms with van der Waals surface area (Å²) in [4.78, 5) is 4.21. The van der Waals surface area contributed by atoms with E-state index in [0.717, 1.165) is 24.6 Å². The number of benzene rings is 1. The summed E-state index contributed by atoms with van der Waals surface area (Å²) >= 11 is 0. The summed E-state index contributed by atoms with van der Waals surface area (Å²) in [7, 11) is 1.73. The summed E-state index contributed by atoms with van der Waals surface area (Å²) in [5.41, 5.74) is 0.749. The number of nitrogens with zero attached hydrogens (tertiary/aromatic N) is 3. The van der Waals surface area contributed by atoms with Crippen molar-refractivity contribution in [3.05, 3.63) is 54.1 Å². The standard InChI is InChI=1S/C17H24FN5/c1-17(2,14-6-4-7-15(18)12-14)13-21-16(19-3)20-9-11-23-10-5-8-22-23/h4-8,10,12H,9,11,13H2,1-3H3,(H2,19,20,21). The molecule has 2 rings (SSSR count). The van der Waals surface area contributed by atoms with Crippen LogP contribution in [0.15, 0.2) is 47.7 Å². The van der Waals surface area contributed by atoms with E-state index in [0.29, 0.717) is 6.54 Å². The Morgan fingerprint density at radius 1 is 1.30 bits per heavy atom. The minimum Gasteiger partial charge on any atom is -0.356 e. The van der Waals surface area contributed by atoms with Gasteiger partial charge in [0.15, 0.2) is 5.96 Å². The summed E-state index contributed by atoms with van der Waals surface area (Å²) in [5, 5.41) is 10.7. The van der Waals surface area contributed by atoms with Gasteiger partial charge in [0.05, 0.1) is 6.54 Å². The molecule has 23 heavy (non-hydrogen) atoms. The lowest BCUT2D eigenvalue weighted by atomic mass is 9.84. The molecule has 5 nitrogen and oxygen atoms in total. The molecule has 0 amide bonds. The van der Waals surface area contributed by atoms with Gasteiger partial charge in [0.1, 0.15) is 5.82 Å². The number of aromatic nitrogens is 2. The molecular weight excluding hydrogens is 293 g/mol. The minimum absolute atomic E-state index is 0.207. The van der Waals surface area contributed by atoms with Crippen molar-refractivity contribution in [3.63, 3.8) is 0 Å². The van der Waals surface area contributed by atoms with Crippen molar-refractivity contribution in [1.82, 2.24) is 20.4 Å². The molecule has 2 aromatic rings. The van der Waals surface area contributed by atoms with Crippen molar-refractivity contribution in [2.24, 2.45) is 4.99 Å². The molecule has 6 heteroatoms. The van der Waals surface area contributed by atoms with Crippen LogP contribution in [0, 0.1) is 5.82 Å². The normalized spacial score (nSPS) is 12.3. The number of aliphatic imine (C=N–C) groups is 1. The van der Waals surface area contributed by atoms with Crippen LogP contribution in [0.5, 0.6) is 0 Å². The van der Waals surface area contributed by atoms with E-state index in [9.17, 15) is 4.39 Å². The van der Waals surface area contributed by atoms with Gasteiger partial charge in [-0.1, -0.05) is 26.0 Å². The SMILES string of the molecule is CN=C(NCCn1cccn1)NCC(C)(C)c1cccc(F)c1. The smallest absolute Gasteiger partial charge is 0.191 e. The van der Waals surface area contributed by atoms with Crippen molar-refractivity contribution >= 4 is 5.96 Å². The Bertz CT molecular complexity index is 634. The molecule has 0 saturated carbocycles. The fraction of sp³-hybridized carbons (Fsp3) is 0.412. The van der Waals surface area contributed by atoms with Crippen LogP contribution < -0.4 is 10.6 Å². The monoisotopic (exact) mass is 317 g/mol. The molecule has 124 valence electrons. The lowest BCUT2D eigenvalue weighted by Gasteiger charge is -2.26. The van der Waals surface area contributed by atoms with Crippen LogP contribution in [0.25, 0.3) is 0 Å². The van der Waals surface area contributed by atoms with E-state index >= 15 is 0 Å². The third-order valence-corrected chi connectivity index (χ3v) is 3.72. The molecule has 0 atom stereocenters. The first-order valence-corrected chi connectivity index (χ1v) is 7.69. The fourth-order valence-corrected chi connectivity index (χ4v) is 2.26. The highest BCUT2D eigenvalue weighted by atomic mass is 19.1. The molecule has 0 saturated heterocycles. The first-order valence-electron chi connectivity index (χ1n) is 7.69. The Morgan fingerprint density at radius 2 is 2.13 bits per heavy atom. The predicted molar refractivity (Wildman–Crippen MR) is 91.0 cm³/mol. The quantitative estimate of drug-likeness (QED) is 0.634. The molecule has 0 aliphatic heterocycles. The van der Waals surface area contributed by atoms with Crippen molar-refractivity contribution < 1.29 is 4.39 Å². The molecule has 1 aromatic carbocycles. The maximum absolute atomic E-state index is 13.4. The van der Waals surface area contributed by atoms with Crippen molar-refractivity contribution in [2.75, 3.05) is 20.1 Å². The summed E-state index contributed by atoms with van der Waals surface area (Å²) in [6.07, 6.45) is 3.68. The Hall–Kier alpha value is -2.37. The number of nitrogens with one attached hydrogen (secondary N) is 2. The van der Waals surface area contributed by atoms with Gasteiger partial charge in [-0.25, -0.2) is 4.39 Å². The highest BCUT2D eigenvalue weighted by molar-refractivity contribution is 5.79. The minimum atomic E-state index is -0.211. The van der Waals surface area contributed by atoms with Crippen LogP contribution in [-0.2, 0) is 12.0 Å². The zero-order valence-corrected chi connectivity index (χ0v) is 13.9. The Morgan fingerprint density at radius 3 is 2.78 bits per heavy atom. The number of guanidine groups is 1. The van der Waals surface area contributed by atoms with Gasteiger partial charge in [-0.05, 0) is 23.8 Å². The van der Waals surface area contributed by atoms with Gasteiger partial charge in [-0.3, -0.25) is 9.67 Å². The van der Waals surface area contributed by atoms with Gasteiger partial charge in [0, 0.05) is 37.9 Å². The summed E-state index contributed by atoms with van der Waals surface area (Å²) in [6, 6.07) is 8.62. The maximum atomic E-state index is 13.4. The average molecular weight is 317 g/mol. The van der Waals surface area contributed by atoms with Crippen LogP contribution >= 0.6 is 0 Å². The molecule has 0 spiro atoms. The van der Waals surface area contributed by atoms with Gasteiger partial charge in [-0.2, -0.15) is 5.10 Å². The summed E-state index contributed by atoms with van der Waals surface area (Å²) in [5.74, 6) is 0.513. The first-order chi connectivity index (χ1) is 11.0. The van der Waals surface area contributed by atoms with Crippen LogP contribution in [0.3, 0.4) is 0 Å². The molecular formula is C17H24FN5. The van der Waals surface area contributed by atoms with Crippen molar-refractivity contribution in [2.45, 2.75) is 25.8 Å². The maximum Gasteiger partial charge on any atom is 0.191 e. The number of rotatable bonds is 6. The number of halogens is 1. The second-order valence-corrected chi connectivity index (χ2v) is 6.02. The summed E-state index contributed by atoms with van der Waals surface area (Å²) < 4.78 is 15.3. The Labute approximate surface area is 136 Å². The lowest BCUT2D eigenvalue weighted by Crippen LogP contribution is -2.44. The molecule has 0 aliphatic carbocycles. The molecule has 2 N–H and O–H groups in total. The second-order valence-electron chi connectivity index (χ2n) is 6.02. The zero-order valence-electron chi connectivity index (χ0n) is 13.9. The highest BCUT2D eigenvalue weighted by Crippen LogP contribution is 2.22. The van der Waals surface area contributed by atoms with Crippen LogP contribution in [0.1, 0.15) is 19.4 Å². The highest BCUT2D eigenvalue weighted by Gasteiger charge is 2.21. The second kappa shape index (κ2) is 7.76. The molecule has 0 unspecified atom stereocenters. The van der Waals surface area contributed by atoms with Crippen LogP contribution in [0.2, 0.25) is 0 Å². The summed E-state index contributed by atoms with van der Waals surface area (Å²) in [6.45, 7) is 6.29. The lowest BCUT2D eigenvalue weighted by molar-refractivity contribution is 0.501. The molecule has 0 aliphatic rings. The average Bonchev–Trinajstić information content (AvgIpc) is 3.04. The third-order valence-electron chi connectivity index (χ3n) is 3.72. The van der Waals surface area contributed by atoms with E-state index in [4.69, 9.17) is 0 Å². The Kier molecular flexibility index (Phi) is 5.73. The molecule has 0 fully saturated rings. The zero-order chi connectivity index (χ0) is 16.7. The van der Waals surface area contributed by atoms with E-state index in [1.807, 2.05) is 23.0 Å². The molecule has 1 heterocycles. The van der Waals surface area contributed by atoms with E-state index in [2.05, 4.69) is 34.6 Å². The first kappa shape index (κ1) is 17.0. The number of hydrogen-bond donors (Lipinski definition) is 2. The fourth-order valence-electron chi connectivity index (χ4n) is 2.26. The predicted octanol–water partition coefficient (Wildman–Crippen LogP) is 2.16. The van der Waals surface area contributed by atoms with Crippen molar-refractivity contribution in [3.8, 4) is 0 Å². The van der Waals surface area contributed by atoms with E-state index in [-0.39, 0.29) is 11.2 Å². The van der Waals surface area contributed by atoms with Crippen LogP contribution in [0.4, 0.5) is 4.39 Å². The van der Waals surface area contributed by atoms with Gasteiger partial charge in [0.25, 0.3) is 0 Å². The van der Waals surface area contributed by atoms with E-state index < -0.39 is 0 Å². The molecule has 0 radical (unpaired) electrons. The molecule has 0 bridgehead atoms. The Balaban J connectivity index is 1.84. The van der Waals surface area contributed by atoms with Crippen LogP contribution in [-0.4, -0.2) is 35.9 Å². The van der Waals surface area contributed by atoms with Crippen molar-refractivity contribution in [1.29, 1.82) is 0 Å². The van der Waals surface area contributed by atoms with Gasteiger partial charge < -0.3 is 10.6 Å². The van der Waals surface area contributed by atoms with E-state index in [1.165, 1.54) is 6.07 Å². The van der Waals surface area contributed by atoms with E-state index in [1.54, 1.807) is 25.4 Å². The number of hydrogen-bond acceptors (Lipinski definition) is 2. The van der Waals surface area contributed by atoms with Gasteiger partial charge >= 0.3 is 0 Å². The van der Waals surface area contributed by atoms with Gasteiger partial charge in [0.2, 0.25) is 0 Å². The largest absolute Gasteiger partial charge is 0.356 e. The molecule has 1 aromatic heterocycles.